The second kappa shape index (κ2) is 8.09. The maximum atomic E-state index is 12.9. The van der Waals surface area contributed by atoms with Crippen molar-refractivity contribution in [3.8, 4) is 11.1 Å². The number of rotatable bonds is 7. The summed E-state index contributed by atoms with van der Waals surface area (Å²) < 4.78 is 0. The topological polar surface area (TPSA) is 92.1 Å². The average Bonchev–Trinajstić information content (AvgIpc) is 3.53. The van der Waals surface area contributed by atoms with E-state index in [0.29, 0.717) is 29.4 Å². The lowest BCUT2D eigenvalue weighted by Gasteiger charge is -2.21. The van der Waals surface area contributed by atoms with Crippen LogP contribution in [0.2, 0.25) is 0 Å². The average molecular weight is 431 g/mol. The number of aromatic amines is 1. The third-order valence-electron chi connectivity index (χ3n) is 5.62. The molecule has 7 heteroatoms. The number of aromatic nitrogens is 2. The van der Waals surface area contributed by atoms with Crippen LogP contribution in [0.25, 0.3) is 21.3 Å². The first kappa shape index (κ1) is 19.7. The minimum atomic E-state index is -0.425. The Morgan fingerprint density at radius 3 is 2.52 bits per heavy atom. The van der Waals surface area contributed by atoms with Crippen molar-refractivity contribution in [1.29, 1.82) is 0 Å². The molecule has 0 unspecified atom stereocenters. The third-order valence-corrected chi connectivity index (χ3v) is 6.49. The van der Waals surface area contributed by atoms with Gasteiger partial charge in [-0.25, -0.2) is 4.98 Å². The van der Waals surface area contributed by atoms with Gasteiger partial charge in [0.2, 0.25) is 5.91 Å². The molecule has 1 aliphatic carbocycles. The molecule has 1 fully saturated rings. The molecule has 6 nitrogen and oxygen atoms in total. The van der Waals surface area contributed by atoms with E-state index in [2.05, 4.69) is 9.88 Å². The maximum absolute atomic E-state index is 12.9. The number of amides is 1. The molecule has 1 saturated carbocycles. The van der Waals surface area contributed by atoms with Crippen LogP contribution in [0, 0.1) is 0 Å². The van der Waals surface area contributed by atoms with Crippen LogP contribution >= 0.6 is 11.3 Å². The highest BCUT2D eigenvalue weighted by Gasteiger charge is 2.29. The summed E-state index contributed by atoms with van der Waals surface area (Å²) in [5, 5.41) is 2.66. The van der Waals surface area contributed by atoms with E-state index in [0.717, 1.165) is 40.9 Å². The molecular formula is C24H22N4O2S. The van der Waals surface area contributed by atoms with Crippen LogP contribution in [0.4, 0.5) is 0 Å². The van der Waals surface area contributed by atoms with E-state index >= 15 is 0 Å². The first-order valence-electron chi connectivity index (χ1n) is 10.3. The van der Waals surface area contributed by atoms with E-state index in [4.69, 9.17) is 10.7 Å². The number of nitrogens with one attached hydrogen (secondary N) is 1. The Bertz CT molecular complexity index is 1290. The third kappa shape index (κ3) is 4.15. The molecule has 4 aromatic rings. The number of carbonyl (C=O) groups is 1. The number of hydrogen-bond acceptors (Lipinski definition) is 5. The van der Waals surface area contributed by atoms with Crippen LogP contribution in [-0.2, 0) is 13.1 Å². The van der Waals surface area contributed by atoms with E-state index in [9.17, 15) is 9.59 Å². The molecule has 0 spiro atoms. The minimum Gasteiger partial charge on any atom is -0.366 e. The second-order valence-corrected chi connectivity index (χ2v) is 8.76. The van der Waals surface area contributed by atoms with Gasteiger partial charge < -0.3 is 10.7 Å². The van der Waals surface area contributed by atoms with Crippen molar-refractivity contribution in [1.82, 2.24) is 14.9 Å². The van der Waals surface area contributed by atoms with Gasteiger partial charge in [0.15, 0.2) is 0 Å². The fraction of sp³-hybridized carbons (Fsp3) is 0.208. The first-order valence-corrected chi connectivity index (χ1v) is 11.1. The molecule has 5 rings (SSSR count). The van der Waals surface area contributed by atoms with E-state index in [1.807, 2.05) is 47.8 Å². The number of carbonyl (C=O) groups excluding carboxylic acids is 1. The van der Waals surface area contributed by atoms with Crippen LogP contribution in [0.5, 0.6) is 0 Å². The molecule has 0 bridgehead atoms. The van der Waals surface area contributed by atoms with Crippen molar-refractivity contribution in [2.45, 2.75) is 32.0 Å². The minimum absolute atomic E-state index is 0.0957. The lowest BCUT2D eigenvalue weighted by Crippen LogP contribution is -2.27. The Balaban J connectivity index is 1.40. The fourth-order valence-corrected chi connectivity index (χ4v) is 4.82. The molecule has 0 aliphatic heterocycles. The number of primary amides is 1. The van der Waals surface area contributed by atoms with Gasteiger partial charge in [0.05, 0.1) is 11.9 Å². The first-order chi connectivity index (χ1) is 15.1. The van der Waals surface area contributed by atoms with Crippen LogP contribution in [0.15, 0.2) is 64.8 Å². The van der Waals surface area contributed by atoms with Gasteiger partial charge in [0.1, 0.15) is 10.7 Å². The summed E-state index contributed by atoms with van der Waals surface area (Å²) in [5.74, 6) is 0.256. The molecule has 1 aliphatic rings. The van der Waals surface area contributed by atoms with E-state index < -0.39 is 5.91 Å². The van der Waals surface area contributed by atoms with Gasteiger partial charge in [-0.3, -0.25) is 14.5 Å². The van der Waals surface area contributed by atoms with Gasteiger partial charge in [-0.05, 0) is 36.1 Å². The highest BCUT2D eigenvalue weighted by Crippen LogP contribution is 2.32. The van der Waals surface area contributed by atoms with Crippen molar-refractivity contribution >= 4 is 27.5 Å². The lowest BCUT2D eigenvalue weighted by atomic mass is 10.1. The zero-order valence-corrected chi connectivity index (χ0v) is 17.7. The van der Waals surface area contributed by atoms with Gasteiger partial charge in [-0.1, -0.05) is 42.5 Å². The Kier molecular flexibility index (Phi) is 5.13. The molecule has 1 amide bonds. The summed E-state index contributed by atoms with van der Waals surface area (Å²) in [6.45, 7) is 1.30. The van der Waals surface area contributed by atoms with Gasteiger partial charge >= 0.3 is 0 Å². The number of fused-ring (bicyclic) bond motifs is 1. The Morgan fingerprint density at radius 2 is 1.84 bits per heavy atom. The zero-order valence-electron chi connectivity index (χ0n) is 16.9. The number of nitrogens with two attached hydrogens (primary N) is 1. The highest BCUT2D eigenvalue weighted by atomic mass is 32.1. The summed E-state index contributed by atoms with van der Waals surface area (Å²) >= 11 is 1.50. The van der Waals surface area contributed by atoms with Crippen LogP contribution in [0.1, 0.15) is 34.6 Å². The lowest BCUT2D eigenvalue weighted by molar-refractivity contribution is 0.100. The van der Waals surface area contributed by atoms with Gasteiger partial charge in [-0.2, -0.15) is 0 Å². The second-order valence-electron chi connectivity index (χ2n) is 7.91. The largest absolute Gasteiger partial charge is 0.366 e. The molecule has 0 radical (unpaired) electrons. The Morgan fingerprint density at radius 1 is 1.10 bits per heavy atom. The molecule has 3 N–H and O–H groups in total. The van der Waals surface area contributed by atoms with Crippen molar-refractivity contribution < 1.29 is 4.79 Å². The Hall–Kier alpha value is -3.29. The van der Waals surface area contributed by atoms with Crippen molar-refractivity contribution in [2.24, 2.45) is 5.73 Å². The molecule has 2 aromatic heterocycles. The predicted octanol–water partition coefficient (Wildman–Crippen LogP) is 3.92. The van der Waals surface area contributed by atoms with Crippen molar-refractivity contribution in [2.75, 3.05) is 0 Å². The van der Waals surface area contributed by atoms with E-state index in [-0.39, 0.29) is 5.56 Å². The molecule has 2 aromatic carbocycles. The fourth-order valence-electron chi connectivity index (χ4n) is 3.85. The molecule has 156 valence electrons. The van der Waals surface area contributed by atoms with Crippen molar-refractivity contribution in [3.63, 3.8) is 0 Å². The number of hydrogen-bond donors (Lipinski definition) is 2. The van der Waals surface area contributed by atoms with Gasteiger partial charge in [0, 0.05) is 29.1 Å². The SMILES string of the molecule is NC(=O)c1ccc(CN(Cc2nc3scc(-c4ccccc4)c3c(=O)[nH]2)C2CC2)cc1. The summed E-state index contributed by atoms with van der Waals surface area (Å²) in [6.07, 6.45) is 2.28. The van der Waals surface area contributed by atoms with Crippen molar-refractivity contribution in [3.05, 3.63) is 87.3 Å². The summed E-state index contributed by atoms with van der Waals surface area (Å²) in [7, 11) is 0. The zero-order chi connectivity index (χ0) is 21.4. The van der Waals surface area contributed by atoms with E-state index in [1.165, 1.54) is 11.3 Å². The quantitative estimate of drug-likeness (QED) is 0.465. The number of benzene rings is 2. The molecule has 31 heavy (non-hydrogen) atoms. The molecule has 2 heterocycles. The van der Waals surface area contributed by atoms with Crippen LogP contribution in [0.3, 0.4) is 0 Å². The van der Waals surface area contributed by atoms with E-state index in [1.54, 1.807) is 12.1 Å². The summed E-state index contributed by atoms with van der Waals surface area (Å²) in [5.41, 5.74) is 8.79. The smallest absolute Gasteiger partial charge is 0.260 e. The predicted molar refractivity (Wildman–Crippen MR) is 123 cm³/mol. The molecular weight excluding hydrogens is 408 g/mol. The summed E-state index contributed by atoms with van der Waals surface area (Å²) in [4.78, 5) is 35.1. The number of H-pyrrole nitrogens is 1. The highest BCUT2D eigenvalue weighted by molar-refractivity contribution is 7.17. The monoisotopic (exact) mass is 430 g/mol. The van der Waals surface area contributed by atoms with Crippen LogP contribution < -0.4 is 11.3 Å². The number of nitrogens with zero attached hydrogens (tertiary/aromatic N) is 2. The summed E-state index contributed by atoms with van der Waals surface area (Å²) in [6, 6.07) is 17.8. The maximum Gasteiger partial charge on any atom is 0.260 e. The van der Waals surface area contributed by atoms with Crippen LogP contribution in [-0.4, -0.2) is 26.8 Å². The molecule has 0 atom stereocenters. The van der Waals surface area contributed by atoms with Gasteiger partial charge in [-0.15, -0.1) is 11.3 Å². The number of thiophene rings is 1. The standard InChI is InChI=1S/C24H22N4O2S/c25-22(29)17-8-6-15(7-9-17)12-28(18-10-11-18)13-20-26-23(30)21-19(14-31-24(21)27-20)16-4-2-1-3-5-16/h1-9,14,18H,10-13H2,(H2,25,29)(H,26,27,30). The van der Waals surface area contributed by atoms with Gasteiger partial charge in [0.25, 0.3) is 5.56 Å². The Labute approximate surface area is 183 Å². The normalized spacial score (nSPS) is 13.7. The molecule has 0 saturated heterocycles.